The Morgan fingerprint density at radius 1 is 1.00 bits per heavy atom. The molecule has 1 aliphatic rings. The maximum atomic E-state index is 10.2. The van der Waals surface area contributed by atoms with Gasteiger partial charge in [0.2, 0.25) is 0 Å². The quantitative estimate of drug-likeness (QED) is 0.361. The fourth-order valence-corrected chi connectivity index (χ4v) is 4.10. The molecule has 0 saturated carbocycles. The molecule has 9 nitrogen and oxygen atoms in total. The Hall–Kier alpha value is -3.37. The summed E-state index contributed by atoms with van der Waals surface area (Å²) in [6, 6.07) is 19.3. The van der Waals surface area contributed by atoms with E-state index < -0.39 is 24.5 Å². The lowest BCUT2D eigenvalue weighted by molar-refractivity contribution is -0.0437. The molecule has 9 heteroatoms. The normalized spacial score (nSPS) is 23.1. The molecule has 4 aromatic rings. The zero-order chi connectivity index (χ0) is 22.1. The molecule has 0 aliphatic carbocycles. The summed E-state index contributed by atoms with van der Waals surface area (Å²) in [5, 5.41) is 23.2. The molecular weight excluding hydrogens is 408 g/mol. The molecule has 5 N–H and O–H groups in total. The minimum atomic E-state index is -0.984. The average molecular weight is 432 g/mol. The molecule has 5 rings (SSSR count). The number of fused-ring (bicyclic) bond motifs is 1. The molecule has 0 bridgehead atoms. The molecule has 1 fully saturated rings. The van der Waals surface area contributed by atoms with Gasteiger partial charge in [-0.3, -0.25) is 4.57 Å². The number of imidazole rings is 1. The van der Waals surface area contributed by atoms with Crippen molar-refractivity contribution in [2.75, 3.05) is 11.9 Å². The van der Waals surface area contributed by atoms with Crippen molar-refractivity contribution < 1.29 is 14.9 Å². The highest BCUT2D eigenvalue weighted by Crippen LogP contribution is 2.32. The maximum Gasteiger partial charge on any atom is 0.167 e. The van der Waals surface area contributed by atoms with Gasteiger partial charge in [0.25, 0.3) is 0 Å². The van der Waals surface area contributed by atoms with Gasteiger partial charge in [-0.05, 0) is 11.1 Å². The van der Waals surface area contributed by atoms with Crippen LogP contribution in [0.15, 0.2) is 73.3 Å². The van der Waals surface area contributed by atoms with Crippen LogP contribution < -0.4 is 11.1 Å². The van der Waals surface area contributed by atoms with E-state index in [0.29, 0.717) is 17.0 Å². The standard InChI is InChI=1S/C23H24N6O3/c24-17-20(31)16(11-30)32-23(17)29-13-27-19-21(25-12-26-22(19)29)28-18(14-7-3-1-4-8-14)15-9-5-2-6-10-15/h1-10,12-13,16-18,20,23,30-31H,11,24H2,(H,25,26,28)/t16-,17-,20-,23-/m1/s1. The van der Waals surface area contributed by atoms with E-state index >= 15 is 0 Å². The van der Waals surface area contributed by atoms with Gasteiger partial charge < -0.3 is 26.0 Å². The van der Waals surface area contributed by atoms with E-state index in [0.717, 1.165) is 11.1 Å². The zero-order valence-electron chi connectivity index (χ0n) is 17.2. The van der Waals surface area contributed by atoms with E-state index in [1.54, 1.807) is 10.9 Å². The third-order valence-corrected chi connectivity index (χ3v) is 5.78. The number of nitrogens with zero attached hydrogens (tertiary/aromatic N) is 4. The van der Waals surface area contributed by atoms with Crippen molar-refractivity contribution in [2.24, 2.45) is 5.73 Å². The van der Waals surface area contributed by atoms with Gasteiger partial charge in [0.15, 0.2) is 23.2 Å². The summed E-state index contributed by atoms with van der Waals surface area (Å²) in [6.45, 7) is -0.324. The number of rotatable bonds is 6. The van der Waals surface area contributed by atoms with Crippen LogP contribution in [-0.2, 0) is 4.74 Å². The maximum absolute atomic E-state index is 10.2. The molecule has 164 valence electrons. The number of aliphatic hydroxyl groups is 2. The molecule has 3 heterocycles. The van der Waals surface area contributed by atoms with Gasteiger partial charge in [-0.1, -0.05) is 60.7 Å². The molecule has 0 amide bonds. The third kappa shape index (κ3) is 3.61. The van der Waals surface area contributed by atoms with E-state index in [-0.39, 0.29) is 12.6 Å². The van der Waals surface area contributed by atoms with Crippen molar-refractivity contribution in [1.82, 2.24) is 19.5 Å². The summed E-state index contributed by atoms with van der Waals surface area (Å²) in [5.41, 5.74) is 9.39. The summed E-state index contributed by atoms with van der Waals surface area (Å²) < 4.78 is 7.44. The minimum Gasteiger partial charge on any atom is -0.394 e. The summed E-state index contributed by atoms with van der Waals surface area (Å²) in [6.07, 6.45) is 0.585. The Morgan fingerprint density at radius 3 is 2.25 bits per heavy atom. The van der Waals surface area contributed by atoms with E-state index in [1.807, 2.05) is 36.4 Å². The Balaban J connectivity index is 1.52. The Kier molecular flexibility index (Phi) is 5.54. The largest absolute Gasteiger partial charge is 0.394 e. The van der Waals surface area contributed by atoms with Crippen molar-refractivity contribution in [1.29, 1.82) is 0 Å². The highest BCUT2D eigenvalue weighted by atomic mass is 16.5. The van der Waals surface area contributed by atoms with Crippen molar-refractivity contribution >= 4 is 17.0 Å². The monoisotopic (exact) mass is 432 g/mol. The van der Waals surface area contributed by atoms with Crippen molar-refractivity contribution in [2.45, 2.75) is 30.5 Å². The number of nitrogens with one attached hydrogen (secondary N) is 1. The second-order valence-electron chi connectivity index (χ2n) is 7.76. The van der Waals surface area contributed by atoms with Gasteiger partial charge in [-0.15, -0.1) is 0 Å². The third-order valence-electron chi connectivity index (χ3n) is 5.78. The number of aliphatic hydroxyl groups excluding tert-OH is 2. The van der Waals surface area contributed by atoms with E-state index in [9.17, 15) is 10.2 Å². The molecule has 0 radical (unpaired) electrons. The fraction of sp³-hybridized carbons (Fsp3) is 0.261. The SMILES string of the molecule is N[C@@H]1[C@H](O)[C@@H](CO)O[C@H]1n1cnc2c(NC(c3ccccc3)c3ccccc3)ncnc21. The Bertz CT molecular complexity index is 1150. The summed E-state index contributed by atoms with van der Waals surface area (Å²) in [4.78, 5) is 13.3. The predicted molar refractivity (Wildman–Crippen MR) is 119 cm³/mol. The number of nitrogens with two attached hydrogens (primary N) is 1. The smallest absolute Gasteiger partial charge is 0.167 e. The molecule has 2 aromatic carbocycles. The first-order chi connectivity index (χ1) is 15.7. The van der Waals surface area contributed by atoms with Crippen LogP contribution in [0.3, 0.4) is 0 Å². The summed E-state index contributed by atoms with van der Waals surface area (Å²) in [7, 11) is 0. The molecule has 0 unspecified atom stereocenters. The first-order valence-electron chi connectivity index (χ1n) is 10.4. The zero-order valence-corrected chi connectivity index (χ0v) is 17.2. The van der Waals surface area contributed by atoms with Crippen LogP contribution in [0.4, 0.5) is 5.82 Å². The number of anilines is 1. The molecule has 32 heavy (non-hydrogen) atoms. The topological polar surface area (TPSA) is 131 Å². The van der Waals surface area contributed by atoms with Gasteiger partial charge in [0, 0.05) is 0 Å². The van der Waals surface area contributed by atoms with Gasteiger partial charge in [0.05, 0.1) is 25.0 Å². The molecule has 1 saturated heterocycles. The van der Waals surface area contributed by atoms with Crippen LogP contribution >= 0.6 is 0 Å². The summed E-state index contributed by atoms with van der Waals surface area (Å²) >= 11 is 0. The van der Waals surface area contributed by atoms with Gasteiger partial charge in [0.1, 0.15) is 18.5 Å². The van der Waals surface area contributed by atoms with Gasteiger partial charge >= 0.3 is 0 Å². The minimum absolute atomic E-state index is 0.147. The number of hydrogen-bond acceptors (Lipinski definition) is 8. The van der Waals surface area contributed by atoms with Crippen LogP contribution in [0.25, 0.3) is 11.2 Å². The molecule has 2 aromatic heterocycles. The van der Waals surface area contributed by atoms with Crippen molar-refractivity contribution in [3.8, 4) is 0 Å². The van der Waals surface area contributed by atoms with E-state index in [2.05, 4.69) is 44.5 Å². The van der Waals surface area contributed by atoms with Crippen molar-refractivity contribution in [3.63, 3.8) is 0 Å². The van der Waals surface area contributed by atoms with E-state index in [1.165, 1.54) is 6.33 Å². The number of hydrogen-bond donors (Lipinski definition) is 4. The van der Waals surface area contributed by atoms with Crippen LogP contribution in [0.1, 0.15) is 23.4 Å². The second kappa shape index (κ2) is 8.64. The van der Waals surface area contributed by atoms with Crippen LogP contribution in [0.5, 0.6) is 0 Å². The van der Waals surface area contributed by atoms with E-state index in [4.69, 9.17) is 10.5 Å². The average Bonchev–Trinajstić information content (AvgIpc) is 3.40. The summed E-state index contributed by atoms with van der Waals surface area (Å²) in [5.74, 6) is 0.567. The lowest BCUT2D eigenvalue weighted by atomic mass is 9.99. The van der Waals surface area contributed by atoms with Crippen LogP contribution in [0.2, 0.25) is 0 Å². The molecule has 4 atom stereocenters. The molecular formula is C23H24N6O3. The second-order valence-corrected chi connectivity index (χ2v) is 7.76. The predicted octanol–water partition coefficient (Wildman–Crippen LogP) is 1.61. The Morgan fingerprint density at radius 2 is 1.66 bits per heavy atom. The molecule has 0 spiro atoms. The number of benzene rings is 2. The lowest BCUT2D eigenvalue weighted by Gasteiger charge is -2.21. The highest BCUT2D eigenvalue weighted by molar-refractivity contribution is 5.83. The lowest BCUT2D eigenvalue weighted by Crippen LogP contribution is -2.39. The van der Waals surface area contributed by atoms with Crippen LogP contribution in [-0.4, -0.2) is 54.6 Å². The molecule has 1 aliphatic heterocycles. The van der Waals surface area contributed by atoms with Crippen molar-refractivity contribution in [3.05, 3.63) is 84.4 Å². The first kappa shape index (κ1) is 20.5. The van der Waals surface area contributed by atoms with Gasteiger partial charge in [-0.25, -0.2) is 15.0 Å². The van der Waals surface area contributed by atoms with Gasteiger partial charge in [-0.2, -0.15) is 0 Å². The number of aromatic nitrogens is 4. The fourth-order valence-electron chi connectivity index (χ4n) is 4.10. The van der Waals surface area contributed by atoms with Crippen LogP contribution in [0, 0.1) is 0 Å². The highest BCUT2D eigenvalue weighted by Gasteiger charge is 2.42. The first-order valence-corrected chi connectivity index (χ1v) is 10.4. The number of ether oxygens (including phenoxy) is 1. The Labute approximate surface area is 184 Å².